The fourth-order valence-electron chi connectivity index (χ4n) is 3.67. The molecule has 5 heteroatoms. The molecule has 23 heavy (non-hydrogen) atoms. The van der Waals surface area contributed by atoms with Gasteiger partial charge in [-0.2, -0.15) is 0 Å². The van der Waals surface area contributed by atoms with Gasteiger partial charge in [0.15, 0.2) is 5.82 Å². The molecule has 2 aliphatic rings. The summed E-state index contributed by atoms with van der Waals surface area (Å²) in [4.78, 5) is 14.7. The Morgan fingerprint density at radius 2 is 1.96 bits per heavy atom. The van der Waals surface area contributed by atoms with Crippen LogP contribution in [0, 0.1) is 0 Å². The Morgan fingerprint density at radius 3 is 2.78 bits per heavy atom. The topological polar surface area (TPSA) is 51.0 Å². The van der Waals surface area contributed by atoms with Crippen LogP contribution in [-0.4, -0.2) is 32.1 Å². The molecular formula is C18H22N4O. The molecule has 1 aliphatic carbocycles. The minimum absolute atomic E-state index is 0.111. The van der Waals surface area contributed by atoms with Gasteiger partial charge in [-0.25, -0.2) is 0 Å². The minimum atomic E-state index is 0.111. The number of rotatable bonds is 2. The summed E-state index contributed by atoms with van der Waals surface area (Å²) in [6, 6.07) is 6.19. The molecule has 0 unspecified atom stereocenters. The molecule has 2 aromatic rings. The third-order valence-electron chi connectivity index (χ3n) is 4.93. The van der Waals surface area contributed by atoms with E-state index in [9.17, 15) is 4.79 Å². The van der Waals surface area contributed by atoms with Crippen molar-refractivity contribution in [3.63, 3.8) is 0 Å². The molecule has 0 bridgehead atoms. The number of nitrogens with zero attached hydrogens (tertiary/aromatic N) is 4. The maximum atomic E-state index is 12.8. The standard InChI is InChI=1S/C18H22N4O/c1-12(2)17-20-19-16-11-21(8-9-22(16)17)18(23)15-7-6-13-4-3-5-14(13)10-15/h6-7,10,12H,3-5,8-9,11H2,1-2H3. The fraction of sp³-hybridized carbons (Fsp3) is 0.500. The quantitative estimate of drug-likeness (QED) is 0.856. The van der Waals surface area contributed by atoms with E-state index in [4.69, 9.17) is 0 Å². The van der Waals surface area contributed by atoms with Crippen molar-refractivity contribution in [2.45, 2.75) is 52.1 Å². The molecule has 5 nitrogen and oxygen atoms in total. The molecule has 0 saturated heterocycles. The summed E-state index contributed by atoms with van der Waals surface area (Å²) in [5, 5.41) is 8.57. The molecule has 1 aliphatic heterocycles. The summed E-state index contributed by atoms with van der Waals surface area (Å²) in [6.45, 7) is 6.31. The lowest BCUT2D eigenvalue weighted by Gasteiger charge is -2.28. The molecule has 120 valence electrons. The molecule has 0 spiro atoms. The molecule has 2 heterocycles. The summed E-state index contributed by atoms with van der Waals surface area (Å²) in [7, 11) is 0. The first-order valence-corrected chi connectivity index (χ1v) is 8.46. The number of fused-ring (bicyclic) bond motifs is 2. The van der Waals surface area contributed by atoms with Gasteiger partial charge in [-0.1, -0.05) is 19.9 Å². The second-order valence-corrected chi connectivity index (χ2v) is 6.84. The average Bonchev–Trinajstić information content (AvgIpc) is 3.19. The lowest BCUT2D eigenvalue weighted by molar-refractivity contribution is 0.0706. The van der Waals surface area contributed by atoms with Crippen molar-refractivity contribution in [1.29, 1.82) is 0 Å². The van der Waals surface area contributed by atoms with E-state index < -0.39 is 0 Å². The number of aromatic nitrogens is 3. The van der Waals surface area contributed by atoms with Crippen molar-refractivity contribution < 1.29 is 4.79 Å². The summed E-state index contributed by atoms with van der Waals surface area (Å²) in [6.07, 6.45) is 3.45. The van der Waals surface area contributed by atoms with Gasteiger partial charge in [0, 0.05) is 24.6 Å². The average molecular weight is 310 g/mol. The Balaban J connectivity index is 1.56. The van der Waals surface area contributed by atoms with Crippen LogP contribution in [0.5, 0.6) is 0 Å². The third-order valence-corrected chi connectivity index (χ3v) is 4.93. The summed E-state index contributed by atoms with van der Waals surface area (Å²) < 4.78 is 2.16. The number of hydrogen-bond donors (Lipinski definition) is 0. The molecule has 1 aromatic heterocycles. The van der Waals surface area contributed by atoms with E-state index in [0.717, 1.165) is 43.1 Å². The predicted molar refractivity (Wildman–Crippen MR) is 87.3 cm³/mol. The van der Waals surface area contributed by atoms with Gasteiger partial charge >= 0.3 is 0 Å². The van der Waals surface area contributed by atoms with Crippen LogP contribution in [0.15, 0.2) is 18.2 Å². The van der Waals surface area contributed by atoms with Crippen molar-refractivity contribution >= 4 is 5.91 Å². The van der Waals surface area contributed by atoms with E-state index in [0.29, 0.717) is 12.5 Å². The molecule has 0 atom stereocenters. The SMILES string of the molecule is CC(C)c1nnc2n1CCN(C(=O)c1ccc3c(c1)CCC3)C2. The molecular weight excluding hydrogens is 288 g/mol. The van der Waals surface area contributed by atoms with E-state index in [2.05, 4.69) is 40.7 Å². The Kier molecular flexibility index (Phi) is 3.43. The zero-order valence-corrected chi connectivity index (χ0v) is 13.7. The Morgan fingerprint density at radius 1 is 1.13 bits per heavy atom. The first-order chi connectivity index (χ1) is 11.1. The number of carbonyl (C=O) groups is 1. The van der Waals surface area contributed by atoms with E-state index >= 15 is 0 Å². The zero-order valence-electron chi connectivity index (χ0n) is 13.7. The molecule has 0 radical (unpaired) electrons. The van der Waals surface area contributed by atoms with Crippen LogP contribution in [0.3, 0.4) is 0 Å². The summed E-state index contributed by atoms with van der Waals surface area (Å²) in [5.41, 5.74) is 3.56. The number of benzene rings is 1. The van der Waals surface area contributed by atoms with Crippen molar-refractivity contribution in [2.24, 2.45) is 0 Å². The molecule has 0 saturated carbocycles. The van der Waals surface area contributed by atoms with Crippen molar-refractivity contribution in [3.05, 3.63) is 46.5 Å². The molecule has 0 N–H and O–H groups in total. The van der Waals surface area contributed by atoms with Crippen LogP contribution in [0.25, 0.3) is 0 Å². The summed E-state index contributed by atoms with van der Waals surface area (Å²) >= 11 is 0. The monoisotopic (exact) mass is 310 g/mol. The predicted octanol–water partition coefficient (Wildman–Crippen LogP) is 2.55. The van der Waals surface area contributed by atoms with Crippen molar-refractivity contribution in [2.75, 3.05) is 6.54 Å². The molecule has 1 aromatic carbocycles. The highest BCUT2D eigenvalue weighted by atomic mass is 16.2. The minimum Gasteiger partial charge on any atom is -0.329 e. The number of amides is 1. The highest BCUT2D eigenvalue weighted by molar-refractivity contribution is 5.94. The van der Waals surface area contributed by atoms with Gasteiger partial charge in [-0.05, 0) is 42.5 Å². The molecule has 1 amide bonds. The fourth-order valence-corrected chi connectivity index (χ4v) is 3.67. The maximum Gasteiger partial charge on any atom is 0.254 e. The van der Waals surface area contributed by atoms with E-state index in [1.807, 2.05) is 11.0 Å². The smallest absolute Gasteiger partial charge is 0.254 e. The van der Waals surface area contributed by atoms with Crippen LogP contribution in [0.2, 0.25) is 0 Å². The summed E-state index contributed by atoms with van der Waals surface area (Å²) in [5.74, 6) is 2.38. The van der Waals surface area contributed by atoms with E-state index in [1.54, 1.807) is 0 Å². The lowest BCUT2D eigenvalue weighted by atomic mass is 10.1. The van der Waals surface area contributed by atoms with Crippen LogP contribution in [0.1, 0.15) is 59.3 Å². The van der Waals surface area contributed by atoms with Crippen LogP contribution in [-0.2, 0) is 25.9 Å². The largest absolute Gasteiger partial charge is 0.329 e. The van der Waals surface area contributed by atoms with Gasteiger partial charge in [-0.15, -0.1) is 10.2 Å². The van der Waals surface area contributed by atoms with Gasteiger partial charge in [0.1, 0.15) is 5.82 Å². The molecule has 4 rings (SSSR count). The second-order valence-electron chi connectivity index (χ2n) is 6.84. The maximum absolute atomic E-state index is 12.8. The Bertz CT molecular complexity index is 762. The highest BCUT2D eigenvalue weighted by Crippen LogP contribution is 2.24. The number of hydrogen-bond acceptors (Lipinski definition) is 3. The third kappa shape index (κ3) is 2.44. The van der Waals surface area contributed by atoms with Gasteiger partial charge in [0.05, 0.1) is 6.54 Å². The van der Waals surface area contributed by atoms with Crippen molar-refractivity contribution in [3.8, 4) is 0 Å². The molecule has 0 fully saturated rings. The van der Waals surface area contributed by atoms with Gasteiger partial charge < -0.3 is 9.47 Å². The van der Waals surface area contributed by atoms with Crippen LogP contribution >= 0.6 is 0 Å². The van der Waals surface area contributed by atoms with Gasteiger partial charge in [-0.3, -0.25) is 4.79 Å². The zero-order chi connectivity index (χ0) is 16.0. The first-order valence-electron chi connectivity index (χ1n) is 8.46. The second kappa shape index (κ2) is 5.48. The normalized spacial score (nSPS) is 16.6. The Labute approximate surface area is 136 Å². The lowest BCUT2D eigenvalue weighted by Crippen LogP contribution is -2.38. The van der Waals surface area contributed by atoms with E-state index in [-0.39, 0.29) is 5.91 Å². The Hall–Kier alpha value is -2.17. The number of aryl methyl sites for hydroxylation is 2. The highest BCUT2D eigenvalue weighted by Gasteiger charge is 2.26. The number of carbonyl (C=O) groups excluding carboxylic acids is 1. The van der Waals surface area contributed by atoms with Gasteiger partial charge in [0.25, 0.3) is 5.91 Å². The van der Waals surface area contributed by atoms with Crippen LogP contribution < -0.4 is 0 Å². The van der Waals surface area contributed by atoms with Crippen LogP contribution in [0.4, 0.5) is 0 Å². The van der Waals surface area contributed by atoms with Crippen molar-refractivity contribution in [1.82, 2.24) is 19.7 Å². The van der Waals surface area contributed by atoms with E-state index in [1.165, 1.54) is 17.5 Å². The first kappa shape index (κ1) is 14.4. The van der Waals surface area contributed by atoms with Gasteiger partial charge in [0.2, 0.25) is 0 Å².